The normalized spacial score (nSPS) is 19.6. The molecule has 2 heterocycles. The predicted octanol–water partition coefficient (Wildman–Crippen LogP) is 2.00. The number of benzene rings is 1. The van der Waals surface area contributed by atoms with E-state index in [9.17, 15) is 5.11 Å². The first kappa shape index (κ1) is 13.3. The van der Waals surface area contributed by atoms with Crippen molar-refractivity contribution in [2.24, 2.45) is 0 Å². The Kier molecular flexibility index (Phi) is 3.80. The number of aryl methyl sites for hydroxylation is 1. The van der Waals surface area contributed by atoms with Gasteiger partial charge in [0.2, 0.25) is 0 Å². The number of likely N-dealkylation sites (tertiary alicyclic amines) is 1. The van der Waals surface area contributed by atoms with Crippen LogP contribution in [0.25, 0.3) is 11.5 Å². The molecular weight excluding hydrogens is 254 g/mol. The van der Waals surface area contributed by atoms with E-state index >= 15 is 0 Å². The van der Waals surface area contributed by atoms with Gasteiger partial charge >= 0.3 is 0 Å². The van der Waals surface area contributed by atoms with Crippen molar-refractivity contribution in [2.75, 3.05) is 13.2 Å². The first-order chi connectivity index (χ1) is 9.76. The second-order valence-electron chi connectivity index (χ2n) is 5.33. The van der Waals surface area contributed by atoms with Crippen molar-refractivity contribution < 1.29 is 9.63 Å². The minimum absolute atomic E-state index is 0.197. The monoisotopic (exact) mass is 273 g/mol. The summed E-state index contributed by atoms with van der Waals surface area (Å²) >= 11 is 0. The molecule has 1 aromatic heterocycles. The van der Waals surface area contributed by atoms with Gasteiger partial charge in [0.05, 0.1) is 13.2 Å². The molecule has 0 unspecified atom stereocenters. The van der Waals surface area contributed by atoms with Gasteiger partial charge in [0, 0.05) is 11.6 Å². The third-order valence-electron chi connectivity index (χ3n) is 3.82. The summed E-state index contributed by atoms with van der Waals surface area (Å²) in [6, 6.07) is 8.26. The van der Waals surface area contributed by atoms with Gasteiger partial charge in [-0.15, -0.1) is 0 Å². The van der Waals surface area contributed by atoms with E-state index in [2.05, 4.69) is 15.0 Å². The van der Waals surface area contributed by atoms with Crippen LogP contribution in [0.2, 0.25) is 0 Å². The van der Waals surface area contributed by atoms with E-state index in [1.54, 1.807) is 0 Å². The van der Waals surface area contributed by atoms with Crippen LogP contribution in [0.1, 0.15) is 24.2 Å². The van der Waals surface area contributed by atoms with Crippen LogP contribution in [-0.2, 0) is 6.54 Å². The summed E-state index contributed by atoms with van der Waals surface area (Å²) < 4.78 is 5.32. The molecule has 0 saturated carbocycles. The number of rotatable bonds is 4. The fourth-order valence-corrected chi connectivity index (χ4v) is 2.62. The fraction of sp³-hybridized carbons (Fsp3) is 0.467. The molecule has 1 aromatic carbocycles. The summed E-state index contributed by atoms with van der Waals surface area (Å²) in [5.41, 5.74) is 2.14. The molecule has 1 fully saturated rings. The zero-order valence-corrected chi connectivity index (χ0v) is 11.6. The lowest BCUT2D eigenvalue weighted by Gasteiger charge is -2.20. The third-order valence-corrected chi connectivity index (χ3v) is 3.82. The first-order valence-electron chi connectivity index (χ1n) is 7.01. The summed E-state index contributed by atoms with van der Waals surface area (Å²) in [4.78, 5) is 6.65. The molecule has 5 nitrogen and oxygen atoms in total. The van der Waals surface area contributed by atoms with E-state index < -0.39 is 0 Å². The Balaban J connectivity index is 1.72. The predicted molar refractivity (Wildman–Crippen MR) is 75.0 cm³/mol. The van der Waals surface area contributed by atoms with Crippen molar-refractivity contribution in [3.63, 3.8) is 0 Å². The maximum atomic E-state index is 9.32. The highest BCUT2D eigenvalue weighted by Crippen LogP contribution is 2.21. The summed E-state index contributed by atoms with van der Waals surface area (Å²) in [7, 11) is 0. The van der Waals surface area contributed by atoms with Gasteiger partial charge in [-0.3, -0.25) is 4.90 Å². The first-order valence-corrected chi connectivity index (χ1v) is 7.01. The number of nitrogens with zero attached hydrogens (tertiary/aromatic N) is 3. The maximum absolute atomic E-state index is 9.32. The Morgan fingerprint density at radius 2 is 2.15 bits per heavy atom. The molecular formula is C15H19N3O2. The lowest BCUT2D eigenvalue weighted by Crippen LogP contribution is -2.31. The topological polar surface area (TPSA) is 62.4 Å². The fourth-order valence-electron chi connectivity index (χ4n) is 2.62. The molecule has 1 saturated heterocycles. The highest BCUT2D eigenvalue weighted by atomic mass is 16.5. The molecule has 2 aromatic rings. The van der Waals surface area contributed by atoms with Crippen molar-refractivity contribution in [2.45, 2.75) is 32.4 Å². The molecule has 106 valence electrons. The number of hydrogen-bond donors (Lipinski definition) is 1. The number of aliphatic hydroxyl groups excluding tert-OH is 1. The molecule has 0 amide bonds. The average molecular weight is 273 g/mol. The van der Waals surface area contributed by atoms with Crippen molar-refractivity contribution in [3.8, 4) is 11.5 Å². The van der Waals surface area contributed by atoms with Gasteiger partial charge in [-0.1, -0.05) is 22.9 Å². The molecule has 1 atom stereocenters. The zero-order valence-electron chi connectivity index (χ0n) is 11.6. The lowest BCUT2D eigenvalue weighted by atomic mass is 10.1. The summed E-state index contributed by atoms with van der Waals surface area (Å²) in [6.45, 7) is 3.87. The number of aliphatic hydroxyl groups is 1. The molecule has 20 heavy (non-hydrogen) atoms. The Hall–Kier alpha value is -1.72. The van der Waals surface area contributed by atoms with Gasteiger partial charge in [0.25, 0.3) is 5.89 Å². The SMILES string of the molecule is Cc1ccc(-c2nc(CN3CCC[C@H]3CO)no2)cc1. The molecule has 1 aliphatic heterocycles. The Labute approximate surface area is 118 Å². The largest absolute Gasteiger partial charge is 0.395 e. The molecule has 0 radical (unpaired) electrons. The van der Waals surface area contributed by atoms with Crippen molar-refractivity contribution in [1.29, 1.82) is 0 Å². The van der Waals surface area contributed by atoms with Crippen LogP contribution in [0.15, 0.2) is 28.8 Å². The highest BCUT2D eigenvalue weighted by molar-refractivity contribution is 5.53. The van der Waals surface area contributed by atoms with Crippen LogP contribution in [-0.4, -0.2) is 39.3 Å². The van der Waals surface area contributed by atoms with E-state index in [-0.39, 0.29) is 12.6 Å². The molecule has 0 bridgehead atoms. The van der Waals surface area contributed by atoms with E-state index in [1.807, 2.05) is 31.2 Å². The third kappa shape index (κ3) is 2.73. The van der Waals surface area contributed by atoms with Crippen LogP contribution < -0.4 is 0 Å². The number of hydrogen-bond acceptors (Lipinski definition) is 5. The summed E-state index contributed by atoms with van der Waals surface area (Å²) in [6.07, 6.45) is 2.16. The minimum Gasteiger partial charge on any atom is -0.395 e. The van der Waals surface area contributed by atoms with Gasteiger partial charge in [0.1, 0.15) is 0 Å². The minimum atomic E-state index is 0.197. The van der Waals surface area contributed by atoms with Crippen LogP contribution in [0.3, 0.4) is 0 Å². The summed E-state index contributed by atoms with van der Waals surface area (Å²) in [5.74, 6) is 1.24. The maximum Gasteiger partial charge on any atom is 0.257 e. The van der Waals surface area contributed by atoms with E-state index in [4.69, 9.17) is 4.52 Å². The molecule has 0 aliphatic carbocycles. The van der Waals surface area contributed by atoms with Gasteiger partial charge < -0.3 is 9.63 Å². The van der Waals surface area contributed by atoms with E-state index in [0.717, 1.165) is 24.9 Å². The summed E-state index contributed by atoms with van der Waals surface area (Å²) in [5, 5.41) is 13.4. The molecule has 5 heteroatoms. The Bertz CT molecular complexity index is 565. The van der Waals surface area contributed by atoms with Gasteiger partial charge in [-0.2, -0.15) is 4.98 Å². The van der Waals surface area contributed by atoms with E-state index in [1.165, 1.54) is 5.56 Å². The molecule has 1 aliphatic rings. The van der Waals surface area contributed by atoms with E-state index in [0.29, 0.717) is 18.3 Å². The van der Waals surface area contributed by atoms with Gasteiger partial charge in [-0.25, -0.2) is 0 Å². The van der Waals surface area contributed by atoms with Crippen LogP contribution in [0, 0.1) is 6.92 Å². The molecule has 0 spiro atoms. The quantitative estimate of drug-likeness (QED) is 0.923. The second-order valence-corrected chi connectivity index (χ2v) is 5.33. The van der Waals surface area contributed by atoms with Crippen molar-refractivity contribution in [3.05, 3.63) is 35.7 Å². The molecule has 3 rings (SSSR count). The molecule has 1 N–H and O–H groups in total. The second kappa shape index (κ2) is 5.73. The highest BCUT2D eigenvalue weighted by Gasteiger charge is 2.25. The number of aromatic nitrogens is 2. The van der Waals surface area contributed by atoms with Crippen molar-refractivity contribution in [1.82, 2.24) is 15.0 Å². The van der Waals surface area contributed by atoms with Gasteiger partial charge in [0.15, 0.2) is 5.82 Å². The average Bonchev–Trinajstić information content (AvgIpc) is 3.09. The van der Waals surface area contributed by atoms with Crippen LogP contribution >= 0.6 is 0 Å². The zero-order chi connectivity index (χ0) is 13.9. The standard InChI is InChI=1S/C15H19N3O2/c1-11-4-6-12(7-5-11)15-16-14(17-20-15)9-18-8-2-3-13(18)10-19/h4-7,13,19H,2-3,8-10H2,1H3/t13-/m0/s1. The van der Waals surface area contributed by atoms with Crippen molar-refractivity contribution >= 4 is 0 Å². The van der Waals surface area contributed by atoms with Crippen LogP contribution in [0.4, 0.5) is 0 Å². The Morgan fingerprint density at radius 3 is 2.90 bits per heavy atom. The van der Waals surface area contributed by atoms with Gasteiger partial charge in [-0.05, 0) is 38.4 Å². The lowest BCUT2D eigenvalue weighted by molar-refractivity contribution is 0.150. The Morgan fingerprint density at radius 1 is 1.35 bits per heavy atom. The van der Waals surface area contributed by atoms with Crippen LogP contribution in [0.5, 0.6) is 0 Å². The smallest absolute Gasteiger partial charge is 0.257 e.